The van der Waals surface area contributed by atoms with Gasteiger partial charge in [0.1, 0.15) is 0 Å². The lowest BCUT2D eigenvalue weighted by atomic mass is 10.3. The maximum atomic E-state index is 13.6. The molecule has 0 atom stereocenters. The molecule has 0 bridgehead atoms. The minimum atomic E-state index is -3.66. The predicted molar refractivity (Wildman–Crippen MR) is 82.9 cm³/mol. The molecule has 1 saturated carbocycles. The molecule has 4 nitrogen and oxygen atoms in total. The number of sulfonamides is 1. The highest BCUT2D eigenvalue weighted by Gasteiger charge is 2.18. The Morgan fingerprint density at radius 2 is 2.10 bits per heavy atom. The van der Waals surface area contributed by atoms with E-state index in [0.29, 0.717) is 11.8 Å². The Morgan fingerprint density at radius 3 is 2.71 bits per heavy atom. The molecule has 0 heterocycles. The van der Waals surface area contributed by atoms with Gasteiger partial charge in [0.25, 0.3) is 0 Å². The van der Waals surface area contributed by atoms with Crippen molar-refractivity contribution >= 4 is 21.8 Å². The minimum absolute atomic E-state index is 0.0331. The van der Waals surface area contributed by atoms with Crippen molar-refractivity contribution < 1.29 is 17.5 Å². The molecule has 0 aromatic heterocycles. The van der Waals surface area contributed by atoms with Gasteiger partial charge in [-0.1, -0.05) is 12.8 Å². The molecule has 0 aliphatic heterocycles. The average Bonchev–Trinajstić information content (AvgIpc) is 2.97. The summed E-state index contributed by atoms with van der Waals surface area (Å²) in [6.45, 7) is 0.358. The maximum Gasteiger partial charge on any atom is 0.240 e. The number of thioether (sulfide) groups is 1. The van der Waals surface area contributed by atoms with Gasteiger partial charge in [-0.25, -0.2) is 17.5 Å². The van der Waals surface area contributed by atoms with Gasteiger partial charge in [0.2, 0.25) is 10.0 Å². The van der Waals surface area contributed by atoms with E-state index in [2.05, 4.69) is 4.72 Å². The van der Waals surface area contributed by atoms with E-state index in [1.165, 1.54) is 44.9 Å². The van der Waals surface area contributed by atoms with E-state index in [-0.39, 0.29) is 10.6 Å². The van der Waals surface area contributed by atoms with Crippen LogP contribution in [-0.4, -0.2) is 33.1 Å². The molecule has 0 unspecified atom stereocenters. The molecule has 1 N–H and O–H groups in total. The first kappa shape index (κ1) is 16.6. The first-order valence-corrected chi connectivity index (χ1v) is 9.51. The Bertz CT molecular complexity index is 572. The van der Waals surface area contributed by atoms with Gasteiger partial charge in [-0.3, -0.25) is 0 Å². The third-order valence-electron chi connectivity index (χ3n) is 3.48. The molecule has 1 fully saturated rings. The van der Waals surface area contributed by atoms with Crippen LogP contribution in [0.15, 0.2) is 23.1 Å². The van der Waals surface area contributed by atoms with E-state index in [4.69, 9.17) is 4.74 Å². The van der Waals surface area contributed by atoms with Crippen LogP contribution in [0.5, 0.6) is 5.75 Å². The molecule has 0 saturated heterocycles. The minimum Gasteiger partial charge on any atom is -0.494 e. The van der Waals surface area contributed by atoms with Gasteiger partial charge in [-0.15, -0.1) is 0 Å². The van der Waals surface area contributed by atoms with Crippen molar-refractivity contribution in [2.24, 2.45) is 0 Å². The lowest BCUT2D eigenvalue weighted by Gasteiger charge is -2.10. The van der Waals surface area contributed by atoms with Crippen LogP contribution in [0.4, 0.5) is 4.39 Å². The molecular formula is C14H20FNO3S2. The largest absolute Gasteiger partial charge is 0.494 e. The van der Waals surface area contributed by atoms with Gasteiger partial charge in [0.05, 0.1) is 12.0 Å². The van der Waals surface area contributed by atoms with Crippen molar-refractivity contribution in [1.82, 2.24) is 4.72 Å². The molecule has 1 aliphatic rings. The number of ether oxygens (including phenoxy) is 1. The van der Waals surface area contributed by atoms with Crippen molar-refractivity contribution in [2.45, 2.75) is 35.8 Å². The summed E-state index contributed by atoms with van der Waals surface area (Å²) >= 11 is 1.81. The summed E-state index contributed by atoms with van der Waals surface area (Å²) < 4.78 is 44.9. The molecule has 118 valence electrons. The Balaban J connectivity index is 1.87. The van der Waals surface area contributed by atoms with Crippen LogP contribution in [0.25, 0.3) is 0 Å². The van der Waals surface area contributed by atoms with Crippen LogP contribution < -0.4 is 9.46 Å². The summed E-state index contributed by atoms with van der Waals surface area (Å²) in [5.41, 5.74) is 0. The second-order valence-corrected chi connectivity index (χ2v) is 8.15. The zero-order valence-corrected chi connectivity index (χ0v) is 13.6. The van der Waals surface area contributed by atoms with Crippen molar-refractivity contribution in [1.29, 1.82) is 0 Å². The van der Waals surface area contributed by atoms with Gasteiger partial charge < -0.3 is 4.74 Å². The van der Waals surface area contributed by atoms with E-state index in [0.717, 1.165) is 11.8 Å². The number of rotatable bonds is 7. The monoisotopic (exact) mass is 333 g/mol. The smallest absolute Gasteiger partial charge is 0.240 e. The van der Waals surface area contributed by atoms with E-state index < -0.39 is 15.8 Å². The molecule has 21 heavy (non-hydrogen) atoms. The number of methoxy groups -OCH3 is 1. The lowest BCUT2D eigenvalue weighted by molar-refractivity contribution is 0.385. The van der Waals surface area contributed by atoms with Crippen molar-refractivity contribution in [3.05, 3.63) is 24.0 Å². The standard InChI is InChI=1S/C14H20FNO3S2/c1-19-14-7-6-12(10-13(14)15)21(17,18)16-8-9-20-11-4-2-3-5-11/h6-7,10-11,16H,2-5,8-9H2,1H3. The number of halogens is 1. The number of benzene rings is 1. The topological polar surface area (TPSA) is 55.4 Å². The van der Waals surface area contributed by atoms with E-state index in [1.807, 2.05) is 11.8 Å². The number of hydrogen-bond donors (Lipinski definition) is 1. The van der Waals surface area contributed by atoms with Crippen LogP contribution in [0.3, 0.4) is 0 Å². The molecule has 1 aromatic rings. The fraction of sp³-hybridized carbons (Fsp3) is 0.571. The zero-order chi connectivity index (χ0) is 15.3. The molecule has 2 rings (SSSR count). The van der Waals surface area contributed by atoms with Crippen molar-refractivity contribution in [3.8, 4) is 5.75 Å². The van der Waals surface area contributed by atoms with Crippen molar-refractivity contribution in [3.63, 3.8) is 0 Å². The van der Waals surface area contributed by atoms with Crippen molar-refractivity contribution in [2.75, 3.05) is 19.4 Å². The van der Waals surface area contributed by atoms with Gasteiger partial charge in [0.15, 0.2) is 11.6 Å². The first-order chi connectivity index (χ1) is 10.0. The highest BCUT2D eigenvalue weighted by atomic mass is 32.2. The zero-order valence-electron chi connectivity index (χ0n) is 12.0. The SMILES string of the molecule is COc1ccc(S(=O)(=O)NCCSC2CCCC2)cc1F. The summed E-state index contributed by atoms with van der Waals surface area (Å²) in [5.74, 6) is 0.0918. The summed E-state index contributed by atoms with van der Waals surface area (Å²) in [5, 5.41) is 0.660. The number of hydrogen-bond acceptors (Lipinski definition) is 4. The Hall–Kier alpha value is -0.790. The second kappa shape index (κ2) is 7.47. The molecule has 0 amide bonds. The quantitative estimate of drug-likeness (QED) is 0.780. The van der Waals surface area contributed by atoms with Gasteiger partial charge in [0, 0.05) is 17.5 Å². The van der Waals surface area contributed by atoms with Gasteiger partial charge in [-0.05, 0) is 31.0 Å². The Labute approximate surface area is 129 Å². The third kappa shape index (κ3) is 4.59. The van der Waals surface area contributed by atoms with Crippen LogP contribution in [0.2, 0.25) is 0 Å². The molecule has 1 aromatic carbocycles. The molecule has 7 heteroatoms. The normalized spacial score (nSPS) is 16.3. The van der Waals surface area contributed by atoms with Crippen LogP contribution in [-0.2, 0) is 10.0 Å². The second-order valence-electron chi connectivity index (χ2n) is 4.97. The Morgan fingerprint density at radius 1 is 1.38 bits per heavy atom. The van der Waals surface area contributed by atoms with Crippen LogP contribution >= 0.6 is 11.8 Å². The fourth-order valence-electron chi connectivity index (χ4n) is 2.35. The van der Waals surface area contributed by atoms with E-state index >= 15 is 0 Å². The highest BCUT2D eigenvalue weighted by molar-refractivity contribution is 8.00. The first-order valence-electron chi connectivity index (χ1n) is 6.98. The fourth-order valence-corrected chi connectivity index (χ4v) is 4.75. The molecule has 1 aliphatic carbocycles. The van der Waals surface area contributed by atoms with Gasteiger partial charge in [-0.2, -0.15) is 11.8 Å². The molecule has 0 radical (unpaired) electrons. The maximum absolute atomic E-state index is 13.6. The van der Waals surface area contributed by atoms with E-state index in [9.17, 15) is 12.8 Å². The third-order valence-corrected chi connectivity index (χ3v) is 6.32. The van der Waals surface area contributed by atoms with Crippen LogP contribution in [0, 0.1) is 5.82 Å². The van der Waals surface area contributed by atoms with E-state index in [1.54, 1.807) is 0 Å². The summed E-state index contributed by atoms with van der Waals surface area (Å²) in [4.78, 5) is -0.0772. The van der Waals surface area contributed by atoms with Crippen LogP contribution in [0.1, 0.15) is 25.7 Å². The average molecular weight is 333 g/mol. The number of nitrogens with one attached hydrogen (secondary N) is 1. The molecule has 0 spiro atoms. The molecular weight excluding hydrogens is 313 g/mol. The summed E-state index contributed by atoms with van der Waals surface area (Å²) in [6, 6.07) is 3.64. The highest BCUT2D eigenvalue weighted by Crippen LogP contribution is 2.29. The summed E-state index contributed by atoms with van der Waals surface area (Å²) in [7, 11) is -2.32. The van der Waals surface area contributed by atoms with Gasteiger partial charge >= 0.3 is 0 Å². The lowest BCUT2D eigenvalue weighted by Crippen LogP contribution is -2.26. The summed E-state index contributed by atoms with van der Waals surface area (Å²) in [6.07, 6.45) is 4.99. The Kier molecular flexibility index (Phi) is 5.89. The predicted octanol–water partition coefficient (Wildman–Crippen LogP) is 2.79.